The molecule has 0 saturated carbocycles. The zero-order valence-electron chi connectivity index (χ0n) is 8.82. The van der Waals surface area contributed by atoms with Crippen molar-refractivity contribution >= 4 is 27.5 Å². The summed E-state index contributed by atoms with van der Waals surface area (Å²) in [4.78, 5) is 11.1. The summed E-state index contributed by atoms with van der Waals surface area (Å²) in [5.74, 6) is 0.279. The zero-order chi connectivity index (χ0) is 12.3. The lowest BCUT2D eigenvalue weighted by molar-refractivity contribution is 0.108. The van der Waals surface area contributed by atoms with Gasteiger partial charge in [-0.3, -0.25) is 4.79 Å². The summed E-state index contributed by atoms with van der Waals surface area (Å²) in [5.41, 5.74) is 1.40. The summed E-state index contributed by atoms with van der Waals surface area (Å²) in [7, 11) is -1.11. The van der Waals surface area contributed by atoms with Crippen molar-refractivity contribution in [3.8, 4) is 5.75 Å². The number of carbonyl (C=O) groups excluding carboxylic acids is 1. The van der Waals surface area contributed by atoms with Gasteiger partial charge in [-0.25, -0.2) is 8.42 Å². The first-order valence-corrected chi connectivity index (χ1v) is 6.19. The second kappa shape index (κ2) is 5.32. The highest BCUT2D eigenvalue weighted by atomic mass is 35.5. The lowest BCUT2D eigenvalue weighted by atomic mass is 10.0. The maximum Gasteiger partial charge on any atom is 0.252 e. The summed E-state index contributed by atoms with van der Waals surface area (Å²) in [5, 5.41) is -0.589. The van der Waals surface area contributed by atoms with E-state index in [1.54, 1.807) is 6.92 Å². The van der Waals surface area contributed by atoms with Crippen molar-refractivity contribution in [1.29, 1.82) is 0 Å². The summed E-state index contributed by atoms with van der Waals surface area (Å²) in [6.45, 7) is 1.66. The fraction of sp³-hybridized carbons (Fsp3) is 0.300. The van der Waals surface area contributed by atoms with Gasteiger partial charge in [-0.2, -0.15) is 0 Å². The van der Waals surface area contributed by atoms with Crippen LogP contribution in [0, 0.1) is 6.92 Å². The minimum atomic E-state index is -2.53. The van der Waals surface area contributed by atoms with Crippen LogP contribution < -0.4 is 4.74 Å². The predicted octanol–water partition coefficient (Wildman–Crippen LogP) is 1.49. The number of hydrogen-bond donors (Lipinski definition) is 1. The lowest BCUT2D eigenvalue weighted by Crippen LogP contribution is -2.01. The molecule has 0 aromatic heterocycles. The van der Waals surface area contributed by atoms with Crippen LogP contribution in [0.1, 0.15) is 21.5 Å². The van der Waals surface area contributed by atoms with E-state index in [0.29, 0.717) is 22.4 Å². The molecule has 1 aromatic rings. The van der Waals surface area contributed by atoms with Gasteiger partial charge in [-0.05, 0) is 24.6 Å². The molecule has 4 nitrogen and oxygen atoms in total. The van der Waals surface area contributed by atoms with E-state index < -0.39 is 15.9 Å². The van der Waals surface area contributed by atoms with Crippen LogP contribution >= 0.6 is 11.6 Å². The highest BCUT2D eigenvalue weighted by Gasteiger charge is 2.14. The summed E-state index contributed by atoms with van der Waals surface area (Å²) < 4.78 is 26.4. The fourth-order valence-corrected chi connectivity index (χ4v) is 2.24. The first-order valence-electron chi connectivity index (χ1n) is 4.45. The monoisotopic (exact) mass is 262 g/mol. The summed E-state index contributed by atoms with van der Waals surface area (Å²) in [6.07, 6.45) is 0. The number of ether oxygens (including phenoxy) is 1. The third kappa shape index (κ3) is 2.74. The largest absolute Gasteiger partial charge is 0.496 e. The van der Waals surface area contributed by atoms with Gasteiger partial charge < -0.3 is 4.74 Å². The van der Waals surface area contributed by atoms with E-state index in [0.717, 1.165) is 0 Å². The minimum absolute atomic E-state index is 0.115. The molecule has 0 heterocycles. The molecule has 1 aromatic carbocycles. The number of thiol groups is 1. The summed E-state index contributed by atoms with van der Waals surface area (Å²) >= 11 is 5.38. The predicted molar refractivity (Wildman–Crippen MR) is 61.9 cm³/mol. The summed E-state index contributed by atoms with van der Waals surface area (Å²) in [6, 6.07) is 3.04. The SMILES string of the molecule is COc1c(C[SH](=O)=O)ccc(C(=O)Cl)c1C. The quantitative estimate of drug-likeness (QED) is 0.660. The van der Waals surface area contributed by atoms with Crippen molar-refractivity contribution in [2.45, 2.75) is 12.7 Å². The van der Waals surface area contributed by atoms with Gasteiger partial charge in [-0.1, -0.05) is 6.07 Å². The molecule has 88 valence electrons. The molecular formula is C10H11ClO4S. The van der Waals surface area contributed by atoms with Gasteiger partial charge in [0.05, 0.1) is 12.9 Å². The van der Waals surface area contributed by atoms with Gasteiger partial charge in [-0.15, -0.1) is 0 Å². The number of methoxy groups -OCH3 is 1. The Kier molecular flexibility index (Phi) is 4.32. The molecule has 0 spiro atoms. The molecule has 0 unspecified atom stereocenters. The van der Waals surface area contributed by atoms with Gasteiger partial charge in [0.15, 0.2) is 0 Å². The van der Waals surface area contributed by atoms with E-state index >= 15 is 0 Å². The van der Waals surface area contributed by atoms with E-state index in [-0.39, 0.29) is 5.75 Å². The molecule has 0 aliphatic rings. The van der Waals surface area contributed by atoms with E-state index in [1.807, 2.05) is 0 Å². The average molecular weight is 263 g/mol. The van der Waals surface area contributed by atoms with E-state index in [4.69, 9.17) is 16.3 Å². The molecule has 1 rings (SSSR count). The van der Waals surface area contributed by atoms with Crippen LogP contribution in [-0.2, 0) is 16.5 Å². The molecule has 6 heteroatoms. The van der Waals surface area contributed by atoms with Crippen LogP contribution in [0.3, 0.4) is 0 Å². The second-order valence-electron chi connectivity index (χ2n) is 3.20. The Morgan fingerprint density at radius 1 is 1.44 bits per heavy atom. The molecule has 0 bridgehead atoms. The lowest BCUT2D eigenvalue weighted by Gasteiger charge is -2.11. The smallest absolute Gasteiger partial charge is 0.252 e. The number of rotatable bonds is 4. The molecule has 0 amide bonds. The van der Waals surface area contributed by atoms with Crippen molar-refractivity contribution in [3.05, 3.63) is 28.8 Å². The Morgan fingerprint density at radius 3 is 2.50 bits per heavy atom. The van der Waals surface area contributed by atoms with Gasteiger partial charge in [0.1, 0.15) is 16.5 Å². The van der Waals surface area contributed by atoms with Crippen LogP contribution in [0.4, 0.5) is 0 Å². The van der Waals surface area contributed by atoms with Crippen molar-refractivity contribution in [2.24, 2.45) is 0 Å². The number of halogens is 1. The molecule has 0 saturated heterocycles. The van der Waals surface area contributed by atoms with Crippen molar-refractivity contribution in [2.75, 3.05) is 7.11 Å². The molecule has 0 aliphatic heterocycles. The van der Waals surface area contributed by atoms with Crippen LogP contribution in [0.15, 0.2) is 12.1 Å². The maximum absolute atomic E-state index is 11.1. The van der Waals surface area contributed by atoms with Crippen LogP contribution in [0.2, 0.25) is 0 Å². The van der Waals surface area contributed by atoms with Crippen molar-refractivity contribution in [3.63, 3.8) is 0 Å². The Hall–Kier alpha value is -1.07. The van der Waals surface area contributed by atoms with Gasteiger partial charge in [0.2, 0.25) is 0 Å². The number of hydrogen-bond acceptors (Lipinski definition) is 4. The molecule has 16 heavy (non-hydrogen) atoms. The Morgan fingerprint density at radius 2 is 2.06 bits per heavy atom. The first-order chi connectivity index (χ1) is 7.47. The molecule has 0 aliphatic carbocycles. The highest BCUT2D eigenvalue weighted by molar-refractivity contribution is 7.71. The molecular weight excluding hydrogens is 252 g/mol. The standard InChI is InChI=1S/C10H11ClO4S/c1-6-8(10(11)12)4-3-7(5-16(13)14)9(6)15-2/h3-4,16H,5H2,1-2H3. The van der Waals surface area contributed by atoms with Gasteiger partial charge >= 0.3 is 0 Å². The molecule has 0 radical (unpaired) electrons. The van der Waals surface area contributed by atoms with E-state index in [2.05, 4.69) is 0 Å². The zero-order valence-corrected chi connectivity index (χ0v) is 10.5. The Bertz CT molecular complexity index is 486. The van der Waals surface area contributed by atoms with E-state index in [9.17, 15) is 13.2 Å². The van der Waals surface area contributed by atoms with Crippen LogP contribution in [0.5, 0.6) is 5.75 Å². The first kappa shape index (κ1) is 13.0. The van der Waals surface area contributed by atoms with Crippen LogP contribution in [0.25, 0.3) is 0 Å². The topological polar surface area (TPSA) is 60.4 Å². The second-order valence-corrected chi connectivity index (χ2v) is 4.52. The number of benzene rings is 1. The van der Waals surface area contributed by atoms with Gasteiger partial charge in [0.25, 0.3) is 5.24 Å². The Balaban J connectivity index is 3.34. The average Bonchev–Trinajstić information content (AvgIpc) is 2.16. The molecule has 0 N–H and O–H groups in total. The molecule has 0 fully saturated rings. The fourth-order valence-electron chi connectivity index (χ4n) is 1.51. The highest BCUT2D eigenvalue weighted by Crippen LogP contribution is 2.27. The maximum atomic E-state index is 11.1. The minimum Gasteiger partial charge on any atom is -0.496 e. The Labute approximate surface area is 100 Å². The third-order valence-corrected chi connectivity index (χ3v) is 3.01. The van der Waals surface area contributed by atoms with Crippen LogP contribution in [-0.4, -0.2) is 20.8 Å². The van der Waals surface area contributed by atoms with Crippen molar-refractivity contribution in [1.82, 2.24) is 0 Å². The van der Waals surface area contributed by atoms with Crippen molar-refractivity contribution < 1.29 is 17.9 Å². The molecule has 0 atom stereocenters. The van der Waals surface area contributed by atoms with E-state index in [1.165, 1.54) is 19.2 Å². The third-order valence-electron chi connectivity index (χ3n) is 2.20. The van der Waals surface area contributed by atoms with Gasteiger partial charge in [0, 0.05) is 16.7 Å². The normalized spacial score (nSPS) is 10.5. The number of carbonyl (C=O) groups is 1.